The van der Waals surface area contributed by atoms with Gasteiger partial charge in [0.05, 0.1) is 45.9 Å². The van der Waals surface area contributed by atoms with Gasteiger partial charge in [-0.3, -0.25) is 19.8 Å². The van der Waals surface area contributed by atoms with Gasteiger partial charge in [-0.1, -0.05) is 30.7 Å². The van der Waals surface area contributed by atoms with Crippen LogP contribution in [-0.2, 0) is 14.8 Å². The average molecular weight is 985 g/mol. The molecule has 2 aromatic heterocycles. The minimum Gasteiger partial charge on any atom is -0.468 e. The first-order chi connectivity index (χ1) is 34.3. The van der Waals surface area contributed by atoms with Crippen LogP contribution in [-0.4, -0.2) is 102 Å². The Bertz CT molecular complexity index is 2970. The number of hydrogen-bond donors (Lipinski definition) is 4. The summed E-state index contributed by atoms with van der Waals surface area (Å²) in [6.45, 7) is 5.75. The number of H-pyrrole nitrogens is 1. The van der Waals surface area contributed by atoms with Gasteiger partial charge in [0.2, 0.25) is 5.88 Å². The van der Waals surface area contributed by atoms with Gasteiger partial charge in [-0.05, 0) is 161 Å². The summed E-state index contributed by atoms with van der Waals surface area (Å²) in [6, 6.07) is 23.1. The maximum absolute atomic E-state index is 14.6. The van der Waals surface area contributed by atoms with Crippen molar-refractivity contribution >= 4 is 55.4 Å². The number of aliphatic hydroxyl groups is 1. The van der Waals surface area contributed by atoms with E-state index in [-0.39, 0.29) is 23.2 Å². The normalized spacial score (nSPS) is 26.6. The van der Waals surface area contributed by atoms with Gasteiger partial charge in [-0.2, -0.15) is 4.98 Å². The van der Waals surface area contributed by atoms with Gasteiger partial charge in [-0.15, -0.1) is 0 Å². The van der Waals surface area contributed by atoms with E-state index in [1.807, 2.05) is 42.3 Å². The molecule has 3 aliphatic carbocycles. The predicted octanol–water partition coefficient (Wildman–Crippen LogP) is 9.09. The van der Waals surface area contributed by atoms with Gasteiger partial charge in [0, 0.05) is 55.1 Å². The summed E-state index contributed by atoms with van der Waals surface area (Å²) in [5, 5.41) is 26.7. The van der Waals surface area contributed by atoms with Crippen LogP contribution in [0.25, 0.3) is 11.0 Å². The van der Waals surface area contributed by atoms with Gasteiger partial charge < -0.3 is 34.7 Å². The quantitative estimate of drug-likeness (QED) is 0.0684. The first-order valence-corrected chi connectivity index (χ1v) is 27.4. The van der Waals surface area contributed by atoms with E-state index >= 15 is 0 Å². The number of rotatable bonds is 12. The fourth-order valence-corrected chi connectivity index (χ4v) is 14.1. The van der Waals surface area contributed by atoms with Crippen molar-refractivity contribution in [2.24, 2.45) is 11.3 Å². The van der Waals surface area contributed by atoms with Gasteiger partial charge >= 0.3 is 0 Å². The van der Waals surface area contributed by atoms with Crippen LogP contribution in [0.2, 0.25) is 0 Å². The number of carbonyl (C=O) groups is 1. The molecule has 3 saturated carbocycles. The average Bonchev–Trinajstić information content (AvgIpc) is 4.13. The Morgan fingerprint density at radius 2 is 1.70 bits per heavy atom. The van der Waals surface area contributed by atoms with E-state index in [1.165, 1.54) is 63.6 Å². The van der Waals surface area contributed by atoms with Crippen LogP contribution in [0.3, 0.4) is 0 Å². The molecule has 0 unspecified atom stereocenters. The van der Waals surface area contributed by atoms with E-state index in [9.17, 15) is 28.4 Å². The first kappa shape index (κ1) is 46.3. The van der Waals surface area contributed by atoms with Crippen LogP contribution in [0, 0.1) is 21.4 Å². The third-order valence-electron chi connectivity index (χ3n) is 17.5. The Balaban J connectivity index is 0.803. The van der Waals surface area contributed by atoms with Crippen LogP contribution < -0.4 is 24.6 Å². The van der Waals surface area contributed by atoms with Crippen molar-refractivity contribution in [2.45, 2.75) is 131 Å². The Morgan fingerprint density at radius 3 is 2.46 bits per heavy atom. The van der Waals surface area contributed by atoms with E-state index in [2.05, 4.69) is 49.1 Å². The second kappa shape index (κ2) is 18.1. The summed E-state index contributed by atoms with van der Waals surface area (Å²) < 4.78 is 43.0. The number of nitrogens with one attached hydrogen (secondary N) is 3. The van der Waals surface area contributed by atoms with Gasteiger partial charge in [0.15, 0.2) is 0 Å². The van der Waals surface area contributed by atoms with Crippen molar-refractivity contribution < 1.29 is 32.7 Å². The number of nitro benzene ring substituents is 1. The number of pyridine rings is 1. The molecule has 374 valence electrons. The number of amides is 1. The fourth-order valence-electron chi connectivity index (χ4n) is 13.1. The highest BCUT2D eigenvalue weighted by Crippen LogP contribution is 2.55. The molecular weight excluding hydrogens is 921 g/mol. The smallest absolute Gasteiger partial charge is 0.293 e. The third-order valence-corrected chi connectivity index (χ3v) is 18.8. The zero-order valence-corrected chi connectivity index (χ0v) is 41.2. The van der Waals surface area contributed by atoms with Crippen molar-refractivity contribution in [1.82, 2.24) is 19.6 Å². The number of carbonyl (C=O) groups excluding carboxylic acids is 1. The number of fused-ring (bicyclic) bond motifs is 3. The molecule has 4 N–H and O–H groups in total. The zero-order valence-electron chi connectivity index (χ0n) is 40.4. The number of nitro groups is 1. The topological polar surface area (TPSA) is 195 Å². The number of aromatic amines is 1. The number of likely N-dealkylation sites (tertiary alicyclic amines) is 1. The maximum Gasteiger partial charge on any atom is 0.293 e. The number of aromatic nitrogens is 2. The molecule has 17 heteroatoms. The number of sulfonamides is 1. The summed E-state index contributed by atoms with van der Waals surface area (Å²) in [7, 11) is -4.61. The number of hydrogen-bond acceptors (Lipinski definition) is 13. The standard InChI is InChI=1S/C54H64N8O8S/c1-53(64)18-15-34(16-19-53)31-56-43-14-12-39(28-46(43)62(65)66)71(67,68)58-51(63)42-13-11-37(27-45(42)61-47-26-36-17-22-55-50(36)57-52(47)70-49-33-69-32-48(49)61)59-24-20-54(21-25-59)29-38(30-54)60-23-5-10-44(60)41-9-3-2-8-40(41)35-6-4-7-35/h2-3,8-9,11-14,17,22,26-28,34-35,38,44,48-49,56,64H,4-7,10,15-16,18-21,23-25,29-33H2,1H3,(H,55,57)(H,58,63)/t34?,44-,48-,49-,53?/m0/s1. The molecule has 5 aromatic rings. The lowest BCUT2D eigenvalue weighted by molar-refractivity contribution is -0.384. The monoisotopic (exact) mass is 984 g/mol. The molecule has 6 heterocycles. The summed E-state index contributed by atoms with van der Waals surface area (Å²) in [6.07, 6.45) is 15.2. The summed E-state index contributed by atoms with van der Waals surface area (Å²) in [5.74, 6) is 0.417. The minimum absolute atomic E-state index is 0.110. The largest absolute Gasteiger partial charge is 0.468 e. The molecule has 3 atom stereocenters. The molecule has 71 heavy (non-hydrogen) atoms. The highest BCUT2D eigenvalue weighted by Gasteiger charge is 2.50. The van der Waals surface area contributed by atoms with Crippen LogP contribution in [0.1, 0.15) is 124 Å². The Morgan fingerprint density at radius 1 is 0.915 bits per heavy atom. The SMILES string of the molecule is CC1(O)CCC(CNc2ccc(S(=O)(=O)NC(=O)c3ccc(N4CCC5(CC4)CC(N4CCC[C@H]4c4ccccc4C4CCC4)C5)cc3N3c4cc5cc[nH]c5nc4O[C@H]4COC[C@@H]43)cc2[N+](=O)[O-])CC1. The molecule has 7 aliphatic rings. The van der Waals surface area contributed by atoms with Crippen LogP contribution in [0.5, 0.6) is 5.88 Å². The van der Waals surface area contributed by atoms with Crippen molar-refractivity contribution in [3.05, 3.63) is 106 Å². The molecular formula is C54H64N8O8S. The summed E-state index contributed by atoms with van der Waals surface area (Å²) >= 11 is 0. The van der Waals surface area contributed by atoms with Crippen LogP contribution >= 0.6 is 0 Å². The predicted molar refractivity (Wildman–Crippen MR) is 271 cm³/mol. The van der Waals surface area contributed by atoms with E-state index in [0.29, 0.717) is 73.0 Å². The number of ether oxygens (including phenoxy) is 2. The summed E-state index contributed by atoms with van der Waals surface area (Å²) in [5.41, 5.74) is 5.30. The second-order valence-corrected chi connectivity index (χ2v) is 23.6. The lowest BCUT2D eigenvalue weighted by atomic mass is 9.59. The Kier molecular flexibility index (Phi) is 11.8. The molecule has 0 bridgehead atoms. The van der Waals surface area contributed by atoms with Crippen molar-refractivity contribution in [3.8, 4) is 5.88 Å². The Hall–Kier alpha value is -5.75. The van der Waals surface area contributed by atoms with E-state index < -0.39 is 43.1 Å². The molecule has 3 aromatic carbocycles. The number of benzene rings is 3. The van der Waals surface area contributed by atoms with E-state index in [4.69, 9.17) is 14.5 Å². The zero-order chi connectivity index (χ0) is 48.6. The lowest BCUT2D eigenvalue weighted by Gasteiger charge is -2.56. The lowest BCUT2D eigenvalue weighted by Crippen LogP contribution is -2.55. The van der Waals surface area contributed by atoms with Crippen LogP contribution in [0.15, 0.2) is 83.9 Å². The number of piperidine rings is 1. The molecule has 0 radical (unpaired) electrons. The maximum atomic E-state index is 14.6. The number of anilines is 4. The second-order valence-electron chi connectivity index (χ2n) is 22.0. The van der Waals surface area contributed by atoms with E-state index in [1.54, 1.807) is 17.2 Å². The van der Waals surface area contributed by atoms with Crippen molar-refractivity contribution in [3.63, 3.8) is 0 Å². The summed E-state index contributed by atoms with van der Waals surface area (Å²) in [4.78, 5) is 41.2. The van der Waals surface area contributed by atoms with Gasteiger partial charge in [0.1, 0.15) is 23.1 Å². The first-order valence-electron chi connectivity index (χ1n) is 25.9. The van der Waals surface area contributed by atoms with Gasteiger partial charge in [-0.25, -0.2) is 13.1 Å². The van der Waals surface area contributed by atoms with E-state index in [0.717, 1.165) is 61.8 Å². The third kappa shape index (κ3) is 8.69. The molecule has 1 spiro atoms. The molecule has 6 fully saturated rings. The molecule has 1 amide bonds. The minimum atomic E-state index is -4.61. The highest BCUT2D eigenvalue weighted by molar-refractivity contribution is 7.90. The number of nitrogens with zero attached hydrogens (tertiary/aromatic N) is 5. The molecule has 16 nitrogen and oxygen atoms in total. The molecule has 3 saturated heterocycles. The van der Waals surface area contributed by atoms with Crippen molar-refractivity contribution in [1.29, 1.82) is 0 Å². The highest BCUT2D eigenvalue weighted by atomic mass is 32.2. The van der Waals surface area contributed by atoms with Crippen LogP contribution in [0.4, 0.5) is 28.4 Å². The Labute approximate surface area is 414 Å². The molecule has 12 rings (SSSR count). The van der Waals surface area contributed by atoms with Gasteiger partial charge in [0.25, 0.3) is 21.6 Å². The fraction of sp³-hybridized carbons (Fsp3) is 0.519. The molecule has 4 aliphatic heterocycles. The van der Waals surface area contributed by atoms with Crippen molar-refractivity contribution in [2.75, 3.05) is 54.5 Å².